The molecule has 1 unspecified atom stereocenters. The van der Waals surface area contributed by atoms with Crippen molar-refractivity contribution >= 4 is 96.8 Å². The van der Waals surface area contributed by atoms with Crippen molar-refractivity contribution < 1.29 is 4.42 Å². The number of hydrogen-bond acceptors (Lipinski definition) is 2. The van der Waals surface area contributed by atoms with Crippen molar-refractivity contribution in [1.82, 2.24) is 0 Å². The minimum atomic E-state index is -2.01. The summed E-state index contributed by atoms with van der Waals surface area (Å²) in [5, 5.41) is 9.13. The highest BCUT2D eigenvalue weighted by Gasteiger charge is 2.42. The molecule has 0 spiro atoms. The Morgan fingerprint density at radius 1 is 0.492 bits per heavy atom. The van der Waals surface area contributed by atoms with Gasteiger partial charge in [-0.15, -0.1) is 23.2 Å². The van der Waals surface area contributed by atoms with Gasteiger partial charge in [0, 0.05) is 10.8 Å². The molecule has 1 N–H and O–H groups in total. The predicted octanol–water partition coefficient (Wildman–Crippen LogP) is 11.6. The Labute approximate surface area is 360 Å². The lowest BCUT2D eigenvalue weighted by molar-refractivity contribution is 0.671. The molecule has 0 aliphatic heterocycles. The van der Waals surface area contributed by atoms with E-state index in [1.807, 2.05) is 6.07 Å². The van der Waals surface area contributed by atoms with E-state index in [0.29, 0.717) is 0 Å². The van der Waals surface area contributed by atoms with E-state index >= 15 is 0 Å². The Morgan fingerprint density at radius 2 is 0.881 bits per heavy atom. The number of nitrogens with one attached hydrogen (secondary N) is 1. The zero-order chi connectivity index (χ0) is 41.2. The molecule has 9 aromatic rings. The molecule has 8 aromatic carbocycles. The molecule has 0 fully saturated rings. The van der Waals surface area contributed by atoms with E-state index in [1.165, 1.54) is 65.6 Å². The first-order valence-corrected chi connectivity index (χ1v) is 23.3. The van der Waals surface area contributed by atoms with E-state index in [1.54, 1.807) is 0 Å². The second-order valence-corrected chi connectivity index (χ2v) is 19.1. The van der Waals surface area contributed by atoms with Gasteiger partial charge < -0.3 is 4.42 Å². The summed E-state index contributed by atoms with van der Waals surface area (Å²) >= 11 is 9.53. The van der Waals surface area contributed by atoms with Crippen LogP contribution in [0.2, 0.25) is 0 Å². The summed E-state index contributed by atoms with van der Waals surface area (Å²) in [6, 6.07) is 73.7. The highest BCUT2D eigenvalue weighted by atomic mass is 35.5. The third-order valence-corrected chi connectivity index (χ3v) is 14.7. The van der Waals surface area contributed by atoms with Crippen LogP contribution in [0.15, 0.2) is 211 Å². The van der Waals surface area contributed by atoms with Crippen LogP contribution in [0.4, 0.5) is 5.69 Å². The Morgan fingerprint density at radius 3 is 1.34 bits per heavy atom. The average Bonchev–Trinajstić information content (AvgIpc) is 3.67. The second kappa shape index (κ2) is 19.0. The SMILES string of the molecule is Cc1cc(C)c(N[P+](C)(c2ccccc2)c2cccc3c2oc2ccccc23)c(C)c1.ClCCl.c1ccc([B-](c2ccccc2)(c2ccccc2)c2ccccc2)cc1. The first-order chi connectivity index (χ1) is 28.8. The summed E-state index contributed by atoms with van der Waals surface area (Å²) in [6.45, 7) is 8.91. The largest absolute Gasteiger partial charge is 0.452 e. The van der Waals surface area contributed by atoms with Crippen LogP contribution in [0.1, 0.15) is 16.7 Å². The third-order valence-electron chi connectivity index (χ3n) is 11.3. The molecule has 1 atom stereocenters. The lowest BCUT2D eigenvalue weighted by Gasteiger charge is -2.44. The minimum absolute atomic E-state index is 0.194. The summed E-state index contributed by atoms with van der Waals surface area (Å²) in [5.74, 6) is 0. The molecular formula is C53H49BCl2NOP. The fourth-order valence-electron chi connectivity index (χ4n) is 8.78. The molecule has 1 heterocycles. The second-order valence-electron chi connectivity index (χ2n) is 15.1. The molecule has 0 aliphatic rings. The molecule has 0 amide bonds. The highest BCUT2D eigenvalue weighted by Crippen LogP contribution is 2.55. The topological polar surface area (TPSA) is 25.2 Å². The van der Waals surface area contributed by atoms with E-state index < -0.39 is 13.6 Å². The average molecular weight is 829 g/mol. The van der Waals surface area contributed by atoms with Crippen molar-refractivity contribution in [2.75, 3.05) is 17.1 Å². The Kier molecular flexibility index (Phi) is 13.4. The molecule has 2 nitrogen and oxygen atoms in total. The van der Waals surface area contributed by atoms with Gasteiger partial charge >= 0.3 is 0 Å². The predicted molar refractivity (Wildman–Crippen MR) is 263 cm³/mol. The quantitative estimate of drug-likeness (QED) is 0.0938. The summed E-state index contributed by atoms with van der Waals surface area (Å²) < 4.78 is 6.46. The Balaban J connectivity index is 0.000000171. The fraction of sp³-hybridized carbons (Fsp3) is 0.0943. The Bertz CT molecular complexity index is 2540. The molecule has 59 heavy (non-hydrogen) atoms. The van der Waals surface area contributed by atoms with Gasteiger partial charge in [-0.05, 0) is 56.2 Å². The monoisotopic (exact) mass is 827 g/mol. The van der Waals surface area contributed by atoms with Crippen molar-refractivity contribution in [2.45, 2.75) is 20.8 Å². The van der Waals surface area contributed by atoms with Crippen LogP contribution < -0.4 is 37.5 Å². The number of aryl methyl sites for hydroxylation is 3. The number of anilines is 1. The number of benzene rings is 8. The van der Waals surface area contributed by atoms with E-state index in [-0.39, 0.29) is 5.34 Å². The summed E-state index contributed by atoms with van der Waals surface area (Å²) in [6.07, 6.45) is -1.22. The summed E-state index contributed by atoms with van der Waals surface area (Å²) in [7, 11) is -2.01. The molecule has 6 heteroatoms. The maximum absolute atomic E-state index is 6.46. The molecule has 9 rings (SSSR count). The van der Waals surface area contributed by atoms with Crippen molar-refractivity contribution in [3.05, 3.63) is 223 Å². The van der Waals surface area contributed by atoms with Crippen LogP contribution in [0.25, 0.3) is 21.9 Å². The molecular weight excluding hydrogens is 779 g/mol. The van der Waals surface area contributed by atoms with Crippen molar-refractivity contribution in [3.8, 4) is 0 Å². The number of para-hydroxylation sites is 2. The van der Waals surface area contributed by atoms with Crippen LogP contribution in [-0.4, -0.2) is 18.2 Å². The summed E-state index contributed by atoms with van der Waals surface area (Å²) in [5.41, 5.74) is 12.3. The molecule has 0 bridgehead atoms. The van der Waals surface area contributed by atoms with Gasteiger partial charge in [0.15, 0.2) is 18.3 Å². The van der Waals surface area contributed by atoms with Gasteiger partial charge in [-0.1, -0.05) is 188 Å². The normalized spacial score (nSPS) is 12.1. The summed E-state index contributed by atoms with van der Waals surface area (Å²) in [4.78, 5) is 0. The van der Waals surface area contributed by atoms with E-state index in [0.717, 1.165) is 11.2 Å². The van der Waals surface area contributed by atoms with E-state index in [9.17, 15) is 0 Å². The highest BCUT2D eigenvalue weighted by molar-refractivity contribution is 7.90. The van der Waals surface area contributed by atoms with Crippen molar-refractivity contribution in [1.29, 1.82) is 0 Å². The zero-order valence-electron chi connectivity index (χ0n) is 34.0. The van der Waals surface area contributed by atoms with Crippen LogP contribution in [0.5, 0.6) is 0 Å². The first-order valence-electron chi connectivity index (χ1n) is 20.0. The smallest absolute Gasteiger partial charge is 0.179 e. The molecule has 0 radical (unpaired) electrons. The van der Waals surface area contributed by atoms with Gasteiger partial charge in [0.25, 0.3) is 0 Å². The first kappa shape index (κ1) is 41.6. The molecule has 0 aliphatic carbocycles. The third kappa shape index (κ3) is 8.61. The van der Waals surface area contributed by atoms with Gasteiger partial charge in [0.2, 0.25) is 0 Å². The zero-order valence-corrected chi connectivity index (χ0v) is 36.4. The number of fused-ring (bicyclic) bond motifs is 3. The number of alkyl halides is 2. The number of furan rings is 1. The van der Waals surface area contributed by atoms with Crippen LogP contribution >= 0.6 is 30.6 Å². The number of hydrogen-bond donors (Lipinski definition) is 1. The van der Waals surface area contributed by atoms with Gasteiger partial charge in [-0.25, -0.2) is 0 Å². The fourth-order valence-corrected chi connectivity index (χ4v) is 11.8. The van der Waals surface area contributed by atoms with Gasteiger partial charge in [-0.3, -0.25) is 5.09 Å². The van der Waals surface area contributed by atoms with E-state index in [2.05, 4.69) is 233 Å². The lowest BCUT2D eigenvalue weighted by atomic mass is 9.13. The van der Waals surface area contributed by atoms with Gasteiger partial charge in [0.1, 0.15) is 17.0 Å². The Hall–Kier alpha value is -5.57. The molecule has 0 saturated heterocycles. The standard InChI is InChI=1S/C28H27NOP.C24H20B.CH2Cl2/c1-19-17-20(2)27(21(3)18-19)29-31(4,22-11-6-5-7-12-22)26-16-10-14-24-23-13-8-9-15-25(23)30-28(24)26;1-5-13-21(14-6-1)25(22-15-7-2-8-16-22,23-17-9-3-10-18-23)24-19-11-4-12-20-24;2-1-3/h5-18,29H,1-4H3;1-20H;1H2/q+1;-1;. The number of halogens is 2. The van der Waals surface area contributed by atoms with Crippen molar-refractivity contribution in [3.63, 3.8) is 0 Å². The maximum atomic E-state index is 6.46. The van der Waals surface area contributed by atoms with Gasteiger partial charge in [-0.2, -0.15) is 21.9 Å². The molecule has 294 valence electrons. The maximum Gasteiger partial charge on any atom is 0.179 e. The van der Waals surface area contributed by atoms with Crippen molar-refractivity contribution in [2.24, 2.45) is 0 Å². The van der Waals surface area contributed by atoms with Crippen LogP contribution in [-0.2, 0) is 0 Å². The molecule has 0 saturated carbocycles. The van der Waals surface area contributed by atoms with Crippen LogP contribution in [0.3, 0.4) is 0 Å². The lowest BCUT2D eigenvalue weighted by Crippen LogP contribution is -2.74. The minimum Gasteiger partial charge on any atom is -0.452 e. The van der Waals surface area contributed by atoms with E-state index in [4.69, 9.17) is 27.6 Å². The number of rotatable bonds is 8. The van der Waals surface area contributed by atoms with Crippen LogP contribution in [0, 0.1) is 20.8 Å². The molecule has 1 aromatic heterocycles. The van der Waals surface area contributed by atoms with Gasteiger partial charge in [0.05, 0.1) is 17.7 Å².